The Hall–Kier alpha value is -3.02. The van der Waals surface area contributed by atoms with Gasteiger partial charge >= 0.3 is 0 Å². The van der Waals surface area contributed by atoms with Crippen LogP contribution < -0.4 is 10.6 Å². The van der Waals surface area contributed by atoms with Crippen molar-refractivity contribution < 1.29 is 14.4 Å². The number of amides is 3. The lowest BCUT2D eigenvalue weighted by molar-refractivity contribution is -0.134. The number of H-pyrrole nitrogens is 1. The van der Waals surface area contributed by atoms with Crippen molar-refractivity contribution in [2.45, 2.75) is 44.3 Å². The predicted molar refractivity (Wildman–Crippen MR) is 142 cm³/mol. The smallest absolute Gasteiger partial charge is 0.280 e. The van der Waals surface area contributed by atoms with Gasteiger partial charge in [0, 0.05) is 55.8 Å². The molecule has 5 rings (SSSR count). The quantitative estimate of drug-likeness (QED) is 0.425. The van der Waals surface area contributed by atoms with Gasteiger partial charge in [-0.25, -0.2) is 9.97 Å². The number of nitrogens with zero attached hydrogens (tertiary/aromatic N) is 4. The van der Waals surface area contributed by atoms with Crippen LogP contribution in [0.5, 0.6) is 0 Å². The van der Waals surface area contributed by atoms with Crippen molar-refractivity contribution in [2.75, 3.05) is 27.7 Å². The van der Waals surface area contributed by atoms with Crippen LogP contribution >= 0.6 is 22.9 Å². The zero-order valence-corrected chi connectivity index (χ0v) is 22.6. The molecule has 0 spiro atoms. The second-order valence-corrected chi connectivity index (χ2v) is 11.5. The van der Waals surface area contributed by atoms with Crippen LogP contribution in [0.2, 0.25) is 5.15 Å². The van der Waals surface area contributed by atoms with Gasteiger partial charge in [0.05, 0.1) is 23.4 Å². The number of thiazole rings is 1. The van der Waals surface area contributed by atoms with E-state index in [-0.39, 0.29) is 29.7 Å². The van der Waals surface area contributed by atoms with Crippen molar-refractivity contribution in [1.82, 2.24) is 35.4 Å². The summed E-state index contributed by atoms with van der Waals surface area (Å²) in [4.78, 5) is 55.8. The zero-order chi connectivity index (χ0) is 26.3. The molecule has 0 saturated heterocycles. The summed E-state index contributed by atoms with van der Waals surface area (Å²) in [7, 11) is 5.52. The normalized spacial score (nSPS) is 21.9. The Morgan fingerprint density at radius 2 is 1.95 bits per heavy atom. The number of rotatable bonds is 5. The Kier molecular flexibility index (Phi) is 7.19. The number of aromatic amines is 1. The average Bonchev–Trinajstić information content (AvgIpc) is 3.48. The van der Waals surface area contributed by atoms with Gasteiger partial charge in [-0.15, -0.1) is 11.3 Å². The SMILES string of the molecule is CN1CCc2nc(C(=O)N[C@@H]3C[C@@H](C(=O)N(C)C)CC[C@@H]3NC(=O)c3cc4cc(Cl)ncc4[nH]3)sc2C1. The van der Waals surface area contributed by atoms with E-state index >= 15 is 0 Å². The first kappa shape index (κ1) is 25.6. The minimum absolute atomic E-state index is 0.0248. The molecule has 1 aliphatic heterocycles. The fourth-order valence-corrected chi connectivity index (χ4v) is 6.37. The first-order valence-electron chi connectivity index (χ1n) is 12.3. The number of carbonyl (C=O) groups excluding carboxylic acids is 3. The standard InChI is InChI=1S/C25H30ClN7O3S/c1-32(2)25(36)13-4-5-15(29-22(34)18-9-14-10-21(26)27-11-19(14)28-18)17(8-13)30-23(35)24-31-16-6-7-33(3)12-20(16)37-24/h9-11,13,15,17,28H,4-8,12H2,1-3H3,(H,29,34)(H,30,35)/t13-,15-,17+/m0/s1. The molecule has 1 fully saturated rings. The first-order chi connectivity index (χ1) is 17.7. The third kappa shape index (κ3) is 5.48. The lowest BCUT2D eigenvalue weighted by Crippen LogP contribution is -2.56. The van der Waals surface area contributed by atoms with Crippen LogP contribution in [-0.4, -0.2) is 82.2 Å². The van der Waals surface area contributed by atoms with E-state index in [0.29, 0.717) is 40.6 Å². The second kappa shape index (κ2) is 10.4. The van der Waals surface area contributed by atoms with Gasteiger partial charge < -0.3 is 25.4 Å². The van der Waals surface area contributed by atoms with Gasteiger partial charge in [-0.05, 0) is 38.4 Å². The third-order valence-corrected chi connectivity index (χ3v) is 8.39. The molecule has 12 heteroatoms. The van der Waals surface area contributed by atoms with E-state index in [0.717, 1.165) is 35.5 Å². The van der Waals surface area contributed by atoms with Gasteiger partial charge in [-0.3, -0.25) is 14.4 Å². The summed E-state index contributed by atoms with van der Waals surface area (Å²) in [6.07, 6.45) is 4.03. The van der Waals surface area contributed by atoms with E-state index in [9.17, 15) is 14.4 Å². The van der Waals surface area contributed by atoms with Gasteiger partial charge in [0.2, 0.25) is 5.91 Å². The second-order valence-electron chi connectivity index (χ2n) is 10.1. The van der Waals surface area contributed by atoms with Gasteiger partial charge in [-0.2, -0.15) is 0 Å². The molecule has 196 valence electrons. The number of hydrogen-bond donors (Lipinski definition) is 3. The summed E-state index contributed by atoms with van der Waals surface area (Å²) in [5.74, 6) is -0.762. The Bertz CT molecular complexity index is 1350. The van der Waals surface area contributed by atoms with Crippen molar-refractivity contribution >= 4 is 51.6 Å². The maximum Gasteiger partial charge on any atom is 0.280 e. The number of nitrogens with one attached hydrogen (secondary N) is 3. The number of halogens is 1. The monoisotopic (exact) mass is 543 g/mol. The van der Waals surface area contributed by atoms with Crippen molar-refractivity contribution in [3.63, 3.8) is 0 Å². The Morgan fingerprint density at radius 1 is 1.16 bits per heavy atom. The Labute approximate surface area is 223 Å². The van der Waals surface area contributed by atoms with Crippen LogP contribution in [0.25, 0.3) is 10.9 Å². The third-order valence-electron chi connectivity index (χ3n) is 7.11. The average molecular weight is 544 g/mol. The van der Waals surface area contributed by atoms with Gasteiger partial charge in [0.15, 0.2) is 5.01 Å². The molecule has 0 unspecified atom stereocenters. The Balaban J connectivity index is 1.34. The van der Waals surface area contributed by atoms with Crippen LogP contribution in [0.15, 0.2) is 18.3 Å². The number of aromatic nitrogens is 3. The highest BCUT2D eigenvalue weighted by molar-refractivity contribution is 7.13. The van der Waals surface area contributed by atoms with Crippen LogP contribution in [-0.2, 0) is 17.8 Å². The maximum absolute atomic E-state index is 13.3. The number of pyridine rings is 1. The predicted octanol–water partition coefficient (Wildman–Crippen LogP) is 2.45. The molecule has 3 aromatic heterocycles. The summed E-state index contributed by atoms with van der Waals surface area (Å²) in [5.41, 5.74) is 2.07. The number of carbonyl (C=O) groups is 3. The highest BCUT2D eigenvalue weighted by atomic mass is 35.5. The molecule has 10 nitrogen and oxygen atoms in total. The summed E-state index contributed by atoms with van der Waals surface area (Å²) in [6, 6.07) is 2.67. The van der Waals surface area contributed by atoms with Crippen molar-refractivity contribution in [1.29, 1.82) is 0 Å². The lowest BCUT2D eigenvalue weighted by Gasteiger charge is -2.37. The zero-order valence-electron chi connectivity index (χ0n) is 21.0. The Morgan fingerprint density at radius 3 is 2.73 bits per heavy atom. The fourth-order valence-electron chi connectivity index (χ4n) is 5.12. The van der Waals surface area contributed by atoms with Crippen LogP contribution in [0.4, 0.5) is 0 Å². The molecular weight excluding hydrogens is 514 g/mol. The molecule has 2 aliphatic rings. The number of likely N-dealkylation sites (N-methyl/N-ethyl adjacent to an activating group) is 1. The van der Waals surface area contributed by atoms with Gasteiger partial charge in [-0.1, -0.05) is 11.6 Å². The minimum atomic E-state index is -0.414. The number of hydrogen-bond acceptors (Lipinski definition) is 7. The van der Waals surface area contributed by atoms with Crippen molar-refractivity contribution in [2.24, 2.45) is 5.92 Å². The lowest BCUT2D eigenvalue weighted by atomic mass is 9.81. The summed E-state index contributed by atoms with van der Waals surface area (Å²) < 4.78 is 0. The summed E-state index contributed by atoms with van der Waals surface area (Å²) >= 11 is 7.39. The van der Waals surface area contributed by atoms with Crippen LogP contribution in [0.3, 0.4) is 0 Å². The molecule has 0 bridgehead atoms. The van der Waals surface area contributed by atoms with E-state index in [1.807, 2.05) is 0 Å². The highest BCUT2D eigenvalue weighted by Gasteiger charge is 2.37. The van der Waals surface area contributed by atoms with Gasteiger partial charge in [0.25, 0.3) is 11.8 Å². The molecule has 3 aromatic rings. The van der Waals surface area contributed by atoms with Crippen LogP contribution in [0, 0.1) is 5.92 Å². The van der Waals surface area contributed by atoms with Crippen LogP contribution in [0.1, 0.15) is 50.1 Å². The molecule has 0 aromatic carbocycles. The fraction of sp³-hybridized carbons (Fsp3) is 0.480. The minimum Gasteiger partial charge on any atom is -0.349 e. The van der Waals surface area contributed by atoms with Crippen molar-refractivity contribution in [3.8, 4) is 0 Å². The van der Waals surface area contributed by atoms with E-state index < -0.39 is 6.04 Å². The van der Waals surface area contributed by atoms with E-state index in [4.69, 9.17) is 11.6 Å². The largest absolute Gasteiger partial charge is 0.349 e. The van der Waals surface area contributed by atoms with E-state index in [1.165, 1.54) is 11.3 Å². The molecule has 3 atom stereocenters. The number of fused-ring (bicyclic) bond motifs is 2. The maximum atomic E-state index is 13.3. The van der Waals surface area contributed by atoms with E-state index in [2.05, 4.69) is 37.5 Å². The molecular formula is C25H30ClN7O3S. The molecule has 0 radical (unpaired) electrons. The first-order valence-corrected chi connectivity index (χ1v) is 13.5. The molecule has 3 amide bonds. The molecule has 3 N–H and O–H groups in total. The topological polar surface area (TPSA) is 123 Å². The summed E-state index contributed by atoms with van der Waals surface area (Å²) in [5, 5.41) is 7.72. The summed E-state index contributed by atoms with van der Waals surface area (Å²) in [6.45, 7) is 1.70. The van der Waals surface area contributed by atoms with Gasteiger partial charge in [0.1, 0.15) is 10.8 Å². The molecule has 1 aliphatic carbocycles. The van der Waals surface area contributed by atoms with E-state index in [1.54, 1.807) is 37.3 Å². The molecule has 4 heterocycles. The highest BCUT2D eigenvalue weighted by Crippen LogP contribution is 2.29. The van der Waals surface area contributed by atoms with Crippen molar-refractivity contribution in [3.05, 3.63) is 44.8 Å². The molecule has 1 saturated carbocycles. The molecule has 37 heavy (non-hydrogen) atoms.